The van der Waals surface area contributed by atoms with Crippen LogP contribution in [0.2, 0.25) is 0 Å². The molecule has 1 aromatic carbocycles. The highest BCUT2D eigenvalue weighted by molar-refractivity contribution is 6.58. The van der Waals surface area contributed by atoms with E-state index in [2.05, 4.69) is 11.8 Å². The summed E-state index contributed by atoms with van der Waals surface area (Å²) in [5.74, 6) is 0.328. The van der Waals surface area contributed by atoms with Crippen LogP contribution in [0.3, 0.4) is 0 Å². The third-order valence-corrected chi connectivity index (χ3v) is 3.71. The SMILES string of the molecule is CC(C1CC1)N(C)Cc1cc(F)cc(B(O)O)c1. The Morgan fingerprint density at radius 2 is 2.06 bits per heavy atom. The Morgan fingerprint density at radius 3 is 2.61 bits per heavy atom. The Bertz CT molecular complexity index is 423. The van der Waals surface area contributed by atoms with Crippen LogP contribution in [0, 0.1) is 11.7 Å². The average molecular weight is 251 g/mol. The van der Waals surface area contributed by atoms with E-state index in [1.54, 1.807) is 6.07 Å². The summed E-state index contributed by atoms with van der Waals surface area (Å²) in [6.07, 6.45) is 2.55. The summed E-state index contributed by atoms with van der Waals surface area (Å²) in [4.78, 5) is 2.18. The largest absolute Gasteiger partial charge is 0.488 e. The van der Waals surface area contributed by atoms with Gasteiger partial charge < -0.3 is 10.0 Å². The van der Waals surface area contributed by atoms with Crippen LogP contribution in [-0.2, 0) is 6.54 Å². The van der Waals surface area contributed by atoms with E-state index < -0.39 is 12.9 Å². The standard InChI is InChI=1S/C13H19BFNO2/c1-9(11-3-4-11)16(2)8-10-5-12(14(17)18)7-13(15)6-10/h5-7,9,11,17-18H,3-4,8H2,1-2H3. The molecule has 0 radical (unpaired) electrons. The fourth-order valence-electron chi connectivity index (χ4n) is 2.29. The molecule has 1 fully saturated rings. The van der Waals surface area contributed by atoms with Gasteiger partial charge in [0.15, 0.2) is 0 Å². The summed E-state index contributed by atoms with van der Waals surface area (Å²) in [5.41, 5.74) is 0.977. The molecular weight excluding hydrogens is 232 g/mol. The normalized spacial score (nSPS) is 17.0. The summed E-state index contributed by atoms with van der Waals surface area (Å²) in [7, 11) is 0.397. The lowest BCUT2D eigenvalue weighted by molar-refractivity contribution is 0.226. The molecule has 5 heteroatoms. The molecule has 1 unspecified atom stereocenters. The fourth-order valence-corrected chi connectivity index (χ4v) is 2.29. The van der Waals surface area contributed by atoms with Gasteiger partial charge in [0.2, 0.25) is 0 Å². The average Bonchev–Trinajstić information content (AvgIpc) is 3.10. The predicted molar refractivity (Wildman–Crippen MR) is 69.9 cm³/mol. The van der Waals surface area contributed by atoms with E-state index in [1.807, 2.05) is 7.05 Å². The molecule has 1 aliphatic rings. The molecule has 1 atom stereocenters. The first kappa shape index (κ1) is 13.5. The van der Waals surface area contributed by atoms with Crippen molar-refractivity contribution in [2.24, 2.45) is 5.92 Å². The van der Waals surface area contributed by atoms with Gasteiger partial charge in [-0.25, -0.2) is 4.39 Å². The van der Waals surface area contributed by atoms with E-state index in [4.69, 9.17) is 10.0 Å². The second-order valence-electron chi connectivity index (χ2n) is 5.26. The zero-order valence-electron chi connectivity index (χ0n) is 10.8. The molecule has 1 aliphatic carbocycles. The number of halogens is 1. The Kier molecular flexibility index (Phi) is 4.05. The minimum Gasteiger partial charge on any atom is -0.423 e. The zero-order valence-corrected chi connectivity index (χ0v) is 10.8. The summed E-state index contributed by atoms with van der Waals surface area (Å²) in [5, 5.41) is 18.2. The Labute approximate surface area is 107 Å². The third kappa shape index (κ3) is 3.31. The first-order chi connectivity index (χ1) is 8.47. The highest BCUT2D eigenvalue weighted by atomic mass is 19.1. The van der Waals surface area contributed by atoms with Gasteiger partial charge >= 0.3 is 7.12 Å². The van der Waals surface area contributed by atoms with Crippen molar-refractivity contribution < 1.29 is 14.4 Å². The topological polar surface area (TPSA) is 43.7 Å². The highest BCUT2D eigenvalue weighted by Gasteiger charge is 2.30. The molecule has 0 saturated heterocycles. The number of rotatable bonds is 5. The van der Waals surface area contributed by atoms with E-state index in [0.717, 1.165) is 17.5 Å². The van der Waals surface area contributed by atoms with Crippen molar-refractivity contribution in [1.29, 1.82) is 0 Å². The minimum atomic E-state index is -1.62. The van der Waals surface area contributed by atoms with Crippen molar-refractivity contribution >= 4 is 12.6 Å². The molecule has 1 aromatic rings. The predicted octanol–water partition coefficient (Wildman–Crippen LogP) is 0.736. The van der Waals surface area contributed by atoms with Crippen LogP contribution in [0.25, 0.3) is 0 Å². The molecule has 0 spiro atoms. The van der Waals surface area contributed by atoms with E-state index in [1.165, 1.54) is 18.9 Å². The van der Waals surface area contributed by atoms with Crippen LogP contribution in [0.4, 0.5) is 4.39 Å². The minimum absolute atomic E-state index is 0.206. The van der Waals surface area contributed by atoms with Crippen molar-refractivity contribution in [1.82, 2.24) is 4.90 Å². The van der Waals surface area contributed by atoms with Crippen molar-refractivity contribution in [3.05, 3.63) is 29.6 Å². The summed E-state index contributed by atoms with van der Waals surface area (Å²) >= 11 is 0. The van der Waals surface area contributed by atoms with Crippen LogP contribution in [-0.4, -0.2) is 35.2 Å². The molecule has 3 nitrogen and oxygen atoms in total. The highest BCUT2D eigenvalue weighted by Crippen LogP contribution is 2.35. The van der Waals surface area contributed by atoms with Crippen molar-refractivity contribution in [2.45, 2.75) is 32.4 Å². The first-order valence-electron chi connectivity index (χ1n) is 6.33. The van der Waals surface area contributed by atoms with Gasteiger partial charge in [-0.3, -0.25) is 4.90 Å². The zero-order chi connectivity index (χ0) is 13.3. The van der Waals surface area contributed by atoms with Crippen molar-refractivity contribution in [2.75, 3.05) is 7.05 Å². The lowest BCUT2D eigenvalue weighted by Gasteiger charge is -2.24. The smallest absolute Gasteiger partial charge is 0.423 e. The molecular formula is C13H19BFNO2. The number of hydrogen-bond donors (Lipinski definition) is 2. The molecule has 1 saturated carbocycles. The Hall–Kier alpha value is -0.905. The summed E-state index contributed by atoms with van der Waals surface area (Å²) in [6, 6.07) is 4.72. The van der Waals surface area contributed by atoms with E-state index in [0.29, 0.717) is 12.6 Å². The Balaban J connectivity index is 2.07. The van der Waals surface area contributed by atoms with Crippen LogP contribution in [0.5, 0.6) is 0 Å². The van der Waals surface area contributed by atoms with Gasteiger partial charge in [0.05, 0.1) is 0 Å². The number of hydrogen-bond acceptors (Lipinski definition) is 3. The summed E-state index contributed by atoms with van der Waals surface area (Å²) < 4.78 is 13.4. The van der Waals surface area contributed by atoms with Crippen LogP contribution in [0.15, 0.2) is 18.2 Å². The third-order valence-electron chi connectivity index (χ3n) is 3.71. The van der Waals surface area contributed by atoms with E-state index in [9.17, 15) is 4.39 Å². The number of benzene rings is 1. The van der Waals surface area contributed by atoms with Gasteiger partial charge in [-0.15, -0.1) is 0 Å². The summed E-state index contributed by atoms with van der Waals surface area (Å²) in [6.45, 7) is 2.80. The van der Waals surface area contributed by atoms with Gasteiger partial charge in [-0.1, -0.05) is 6.07 Å². The molecule has 0 bridgehead atoms. The van der Waals surface area contributed by atoms with Gasteiger partial charge in [0.25, 0.3) is 0 Å². The van der Waals surface area contributed by atoms with Crippen molar-refractivity contribution in [3.8, 4) is 0 Å². The van der Waals surface area contributed by atoms with E-state index in [-0.39, 0.29) is 5.46 Å². The molecule has 98 valence electrons. The van der Waals surface area contributed by atoms with Crippen LogP contribution >= 0.6 is 0 Å². The molecule has 2 N–H and O–H groups in total. The van der Waals surface area contributed by atoms with E-state index >= 15 is 0 Å². The maximum atomic E-state index is 13.4. The second-order valence-corrected chi connectivity index (χ2v) is 5.26. The molecule has 18 heavy (non-hydrogen) atoms. The van der Waals surface area contributed by atoms with Crippen molar-refractivity contribution in [3.63, 3.8) is 0 Å². The molecule has 2 rings (SSSR count). The van der Waals surface area contributed by atoms with Crippen LogP contribution < -0.4 is 5.46 Å². The first-order valence-corrected chi connectivity index (χ1v) is 6.33. The molecule has 0 aliphatic heterocycles. The lowest BCUT2D eigenvalue weighted by Crippen LogP contribution is -2.33. The van der Waals surface area contributed by atoms with Gasteiger partial charge in [0.1, 0.15) is 5.82 Å². The molecule has 0 heterocycles. The fraction of sp³-hybridized carbons (Fsp3) is 0.538. The quantitative estimate of drug-likeness (QED) is 0.758. The van der Waals surface area contributed by atoms with Gasteiger partial charge in [-0.05, 0) is 55.9 Å². The van der Waals surface area contributed by atoms with Gasteiger partial charge in [-0.2, -0.15) is 0 Å². The maximum Gasteiger partial charge on any atom is 0.488 e. The second kappa shape index (κ2) is 5.39. The number of nitrogens with zero attached hydrogens (tertiary/aromatic N) is 1. The molecule has 0 aromatic heterocycles. The Morgan fingerprint density at radius 1 is 1.39 bits per heavy atom. The molecule has 0 amide bonds. The van der Waals surface area contributed by atoms with Gasteiger partial charge in [0, 0.05) is 12.6 Å². The maximum absolute atomic E-state index is 13.4. The van der Waals surface area contributed by atoms with Crippen LogP contribution in [0.1, 0.15) is 25.3 Å². The monoisotopic (exact) mass is 251 g/mol. The lowest BCUT2D eigenvalue weighted by atomic mass is 9.79.